The number of halogens is 2. The van der Waals surface area contributed by atoms with Crippen molar-refractivity contribution in [3.8, 4) is 5.75 Å². The smallest absolute Gasteiger partial charge is 0.341 e. The van der Waals surface area contributed by atoms with E-state index in [9.17, 15) is 22.0 Å². The normalized spacial score (nSPS) is 17.9. The number of hydrogen-bond donors (Lipinski definition) is 1. The van der Waals surface area contributed by atoms with Gasteiger partial charge in [-0.15, -0.1) is 0 Å². The van der Waals surface area contributed by atoms with E-state index >= 15 is 0 Å². The summed E-state index contributed by atoms with van der Waals surface area (Å²) >= 11 is 0. The summed E-state index contributed by atoms with van der Waals surface area (Å²) in [6, 6.07) is 13.0. The highest BCUT2D eigenvalue weighted by Crippen LogP contribution is 2.31. The number of carbonyl (C=O) groups excluding carboxylic acids is 1. The topological polar surface area (TPSA) is 75.7 Å². The average Bonchev–Trinajstić information content (AvgIpc) is 2.99. The molecule has 1 fully saturated rings. The van der Waals surface area contributed by atoms with Crippen molar-refractivity contribution in [3.05, 3.63) is 54.1 Å². The molecule has 9 heteroatoms. The number of para-hydroxylation sites is 1. The Hall–Kier alpha value is -2.52. The fraction of sp³-hybridized carbons (Fsp3) is 0.409. The number of likely N-dealkylation sites (tertiary alicyclic amines) is 1. The SMILES string of the molecule is COc1ccc([C@H]2CCCCCN2CC(=O)Nc2ccccc2S(=O)(=O)C(F)F)cc1. The first kappa shape index (κ1) is 23.1. The second kappa shape index (κ2) is 10.2. The standard InChI is InChI=1S/C22H26F2N2O4S/c1-30-17-12-10-16(11-13-17)19-8-3-2-6-14-26(19)15-21(27)25-18-7-4-5-9-20(18)31(28,29)22(23)24/h4-5,7,9-13,19,22H,2-3,6,8,14-15H2,1H3,(H,25,27)/t19-/m1/s1. The highest BCUT2D eigenvalue weighted by molar-refractivity contribution is 7.91. The van der Waals surface area contributed by atoms with Gasteiger partial charge >= 0.3 is 5.76 Å². The number of amides is 1. The van der Waals surface area contributed by atoms with E-state index in [-0.39, 0.29) is 18.3 Å². The van der Waals surface area contributed by atoms with Gasteiger partial charge in [0.05, 0.1) is 24.2 Å². The van der Waals surface area contributed by atoms with Gasteiger partial charge in [0.1, 0.15) is 5.75 Å². The van der Waals surface area contributed by atoms with Gasteiger partial charge in [0, 0.05) is 6.04 Å². The molecular weight excluding hydrogens is 426 g/mol. The monoisotopic (exact) mass is 452 g/mol. The highest BCUT2D eigenvalue weighted by atomic mass is 32.2. The molecule has 1 N–H and O–H groups in total. The van der Waals surface area contributed by atoms with Gasteiger partial charge in [0.25, 0.3) is 0 Å². The first-order valence-corrected chi connectivity index (χ1v) is 11.7. The van der Waals surface area contributed by atoms with Crippen molar-refractivity contribution >= 4 is 21.4 Å². The van der Waals surface area contributed by atoms with Crippen LogP contribution in [0.1, 0.15) is 37.3 Å². The van der Waals surface area contributed by atoms with Gasteiger partial charge in [-0.3, -0.25) is 9.69 Å². The second-order valence-electron chi connectivity index (χ2n) is 7.46. The summed E-state index contributed by atoms with van der Waals surface area (Å²) in [4.78, 5) is 14.2. The van der Waals surface area contributed by atoms with Crippen LogP contribution in [0.25, 0.3) is 0 Å². The molecule has 1 aliphatic heterocycles. The minimum atomic E-state index is -4.83. The first-order chi connectivity index (χ1) is 14.8. The molecule has 2 aromatic rings. The van der Waals surface area contributed by atoms with Gasteiger partial charge in [0.15, 0.2) is 0 Å². The second-order valence-corrected chi connectivity index (χ2v) is 9.34. The molecule has 0 unspecified atom stereocenters. The molecule has 0 saturated carbocycles. The van der Waals surface area contributed by atoms with Crippen molar-refractivity contribution in [2.24, 2.45) is 0 Å². The van der Waals surface area contributed by atoms with Crippen molar-refractivity contribution in [2.45, 2.75) is 42.4 Å². The van der Waals surface area contributed by atoms with Gasteiger partial charge in [-0.2, -0.15) is 8.78 Å². The Morgan fingerprint density at radius 2 is 1.84 bits per heavy atom. The molecule has 1 amide bonds. The van der Waals surface area contributed by atoms with Crippen molar-refractivity contribution in [2.75, 3.05) is 25.5 Å². The number of hydrogen-bond acceptors (Lipinski definition) is 5. The van der Waals surface area contributed by atoms with Crippen LogP contribution in [0.15, 0.2) is 53.4 Å². The van der Waals surface area contributed by atoms with E-state index in [1.165, 1.54) is 18.2 Å². The lowest BCUT2D eigenvalue weighted by Gasteiger charge is -2.30. The van der Waals surface area contributed by atoms with Crippen LogP contribution in [0.5, 0.6) is 5.75 Å². The maximum absolute atomic E-state index is 13.0. The number of methoxy groups -OCH3 is 1. The zero-order chi connectivity index (χ0) is 22.4. The molecule has 2 aromatic carbocycles. The van der Waals surface area contributed by atoms with E-state index < -0.39 is 26.4 Å². The molecule has 0 aromatic heterocycles. The van der Waals surface area contributed by atoms with Crippen LogP contribution in [0.4, 0.5) is 14.5 Å². The molecule has 1 aliphatic rings. The third-order valence-corrected chi connectivity index (χ3v) is 6.85. The number of rotatable bonds is 7. The van der Waals surface area contributed by atoms with Crippen LogP contribution in [0.2, 0.25) is 0 Å². The van der Waals surface area contributed by atoms with Crippen molar-refractivity contribution in [1.29, 1.82) is 0 Å². The summed E-state index contributed by atoms with van der Waals surface area (Å²) in [5, 5.41) is 2.52. The quantitative estimate of drug-likeness (QED) is 0.680. The molecule has 0 aliphatic carbocycles. The number of sulfone groups is 1. The van der Waals surface area contributed by atoms with Crippen LogP contribution < -0.4 is 10.1 Å². The van der Waals surface area contributed by atoms with E-state index in [0.29, 0.717) is 6.54 Å². The Balaban J connectivity index is 1.78. The number of nitrogens with zero attached hydrogens (tertiary/aromatic N) is 1. The Labute approximate surface area is 181 Å². The van der Waals surface area contributed by atoms with E-state index in [0.717, 1.165) is 43.1 Å². The number of alkyl halides is 2. The van der Waals surface area contributed by atoms with Crippen LogP contribution in [-0.4, -0.2) is 45.2 Å². The lowest BCUT2D eigenvalue weighted by atomic mass is 10.0. The summed E-state index contributed by atoms with van der Waals surface area (Å²) in [6.45, 7) is 0.737. The van der Waals surface area contributed by atoms with Crippen molar-refractivity contribution < 1.29 is 26.7 Å². The van der Waals surface area contributed by atoms with Gasteiger partial charge in [0.2, 0.25) is 15.7 Å². The molecule has 1 saturated heterocycles. The fourth-order valence-electron chi connectivity index (χ4n) is 3.85. The Kier molecular flexibility index (Phi) is 7.61. The zero-order valence-corrected chi connectivity index (χ0v) is 18.1. The predicted molar refractivity (Wildman–Crippen MR) is 114 cm³/mol. The number of ether oxygens (including phenoxy) is 1. The van der Waals surface area contributed by atoms with E-state index in [2.05, 4.69) is 5.32 Å². The molecule has 0 radical (unpaired) electrons. The zero-order valence-electron chi connectivity index (χ0n) is 17.3. The van der Waals surface area contributed by atoms with E-state index in [4.69, 9.17) is 4.74 Å². The molecule has 6 nitrogen and oxygen atoms in total. The molecule has 1 atom stereocenters. The molecule has 3 rings (SSSR count). The van der Waals surface area contributed by atoms with Crippen LogP contribution in [0.3, 0.4) is 0 Å². The van der Waals surface area contributed by atoms with Crippen LogP contribution in [-0.2, 0) is 14.6 Å². The van der Waals surface area contributed by atoms with Crippen LogP contribution in [0, 0.1) is 0 Å². The summed E-state index contributed by atoms with van der Waals surface area (Å²) in [7, 11) is -3.23. The summed E-state index contributed by atoms with van der Waals surface area (Å²) < 4.78 is 55.1. The maximum Gasteiger partial charge on any atom is 0.341 e. The van der Waals surface area contributed by atoms with Gasteiger partial charge in [-0.1, -0.05) is 37.1 Å². The highest BCUT2D eigenvalue weighted by Gasteiger charge is 2.30. The number of carbonyl (C=O) groups is 1. The van der Waals surface area contributed by atoms with Gasteiger partial charge in [-0.05, 0) is 49.2 Å². The largest absolute Gasteiger partial charge is 0.497 e. The Morgan fingerprint density at radius 1 is 1.13 bits per heavy atom. The van der Waals surface area contributed by atoms with Crippen LogP contribution >= 0.6 is 0 Å². The Morgan fingerprint density at radius 3 is 2.52 bits per heavy atom. The molecule has 0 bridgehead atoms. The average molecular weight is 453 g/mol. The molecule has 168 valence electrons. The first-order valence-electron chi connectivity index (χ1n) is 10.1. The van der Waals surface area contributed by atoms with E-state index in [1.807, 2.05) is 29.2 Å². The number of benzene rings is 2. The third kappa shape index (κ3) is 5.59. The summed E-state index contributed by atoms with van der Waals surface area (Å²) in [5.74, 6) is -3.26. The third-order valence-electron chi connectivity index (χ3n) is 5.41. The maximum atomic E-state index is 13.0. The molecule has 1 heterocycles. The lowest BCUT2D eigenvalue weighted by molar-refractivity contribution is -0.117. The van der Waals surface area contributed by atoms with Gasteiger partial charge in [-0.25, -0.2) is 8.42 Å². The number of nitrogens with one attached hydrogen (secondary N) is 1. The fourth-order valence-corrected chi connectivity index (χ4v) is 4.73. The predicted octanol–water partition coefficient (Wildman–Crippen LogP) is 4.25. The Bertz CT molecular complexity index is 997. The number of anilines is 1. The molecule has 31 heavy (non-hydrogen) atoms. The molecular formula is C22H26F2N2O4S. The van der Waals surface area contributed by atoms with E-state index in [1.54, 1.807) is 7.11 Å². The van der Waals surface area contributed by atoms with Crippen molar-refractivity contribution in [1.82, 2.24) is 4.90 Å². The summed E-state index contributed by atoms with van der Waals surface area (Å²) in [6.07, 6.45) is 3.91. The minimum absolute atomic E-state index is 0.0270. The molecule has 0 spiro atoms. The van der Waals surface area contributed by atoms with Crippen molar-refractivity contribution in [3.63, 3.8) is 0 Å². The van der Waals surface area contributed by atoms with Gasteiger partial charge < -0.3 is 10.1 Å². The minimum Gasteiger partial charge on any atom is -0.497 e. The summed E-state index contributed by atoms with van der Waals surface area (Å²) in [5.41, 5.74) is 0.930. The lowest BCUT2D eigenvalue weighted by Crippen LogP contribution is -2.36.